The molecule has 0 aromatic carbocycles. The Morgan fingerprint density at radius 3 is 2.28 bits per heavy atom. The molecule has 2 atom stereocenters. The molecule has 0 aromatic rings. The SMILES string of the molecule is CN(C(=O)C1CCCCC1)C1CS(=O)(=O)CC1O. The van der Waals surface area contributed by atoms with E-state index < -0.39 is 22.0 Å². The van der Waals surface area contributed by atoms with Gasteiger partial charge in [-0.2, -0.15) is 0 Å². The topological polar surface area (TPSA) is 74.7 Å². The van der Waals surface area contributed by atoms with E-state index >= 15 is 0 Å². The first-order valence-corrected chi connectivity index (χ1v) is 8.38. The molecule has 1 N–H and O–H groups in total. The summed E-state index contributed by atoms with van der Waals surface area (Å²) in [6.45, 7) is 0. The third kappa shape index (κ3) is 2.85. The minimum atomic E-state index is -3.20. The Morgan fingerprint density at radius 1 is 1.17 bits per heavy atom. The summed E-state index contributed by atoms with van der Waals surface area (Å²) in [7, 11) is -1.58. The van der Waals surface area contributed by atoms with Crippen LogP contribution in [0.1, 0.15) is 32.1 Å². The van der Waals surface area contributed by atoms with Crippen LogP contribution in [-0.4, -0.2) is 55.0 Å². The number of hydrogen-bond acceptors (Lipinski definition) is 4. The molecule has 1 aliphatic carbocycles. The van der Waals surface area contributed by atoms with Crippen LogP contribution in [0.5, 0.6) is 0 Å². The Bertz CT molecular complexity index is 414. The Hall–Kier alpha value is -0.620. The maximum absolute atomic E-state index is 12.3. The van der Waals surface area contributed by atoms with E-state index in [1.165, 1.54) is 11.3 Å². The Balaban J connectivity index is 2.02. The van der Waals surface area contributed by atoms with Crippen LogP contribution in [0.2, 0.25) is 0 Å². The molecule has 104 valence electrons. The van der Waals surface area contributed by atoms with Crippen LogP contribution >= 0.6 is 0 Å². The molecular formula is C12H21NO4S. The van der Waals surface area contributed by atoms with Gasteiger partial charge in [0, 0.05) is 13.0 Å². The predicted molar refractivity (Wildman–Crippen MR) is 67.8 cm³/mol. The second-order valence-electron chi connectivity index (χ2n) is 5.50. The van der Waals surface area contributed by atoms with E-state index in [1.54, 1.807) is 7.05 Å². The van der Waals surface area contributed by atoms with Crippen LogP contribution in [0, 0.1) is 5.92 Å². The van der Waals surface area contributed by atoms with Gasteiger partial charge in [-0.25, -0.2) is 8.42 Å². The first kappa shape index (κ1) is 13.8. The van der Waals surface area contributed by atoms with Gasteiger partial charge >= 0.3 is 0 Å². The van der Waals surface area contributed by atoms with Crippen molar-refractivity contribution in [3.8, 4) is 0 Å². The average molecular weight is 275 g/mol. The van der Waals surface area contributed by atoms with E-state index in [1.807, 2.05) is 0 Å². The van der Waals surface area contributed by atoms with Crippen LogP contribution in [0.15, 0.2) is 0 Å². The molecule has 2 fully saturated rings. The number of carbonyl (C=O) groups is 1. The number of aliphatic hydroxyl groups is 1. The number of nitrogens with zero attached hydrogens (tertiary/aromatic N) is 1. The first-order valence-electron chi connectivity index (χ1n) is 6.56. The van der Waals surface area contributed by atoms with E-state index in [4.69, 9.17) is 0 Å². The summed E-state index contributed by atoms with van der Waals surface area (Å²) in [4.78, 5) is 13.7. The number of carbonyl (C=O) groups excluding carboxylic acids is 1. The highest BCUT2D eigenvalue weighted by Gasteiger charge is 2.41. The number of sulfone groups is 1. The molecule has 1 heterocycles. The van der Waals surface area contributed by atoms with Gasteiger partial charge in [0.2, 0.25) is 5.91 Å². The maximum atomic E-state index is 12.3. The van der Waals surface area contributed by atoms with Gasteiger partial charge in [-0.1, -0.05) is 19.3 Å². The number of amides is 1. The molecule has 0 spiro atoms. The van der Waals surface area contributed by atoms with Crippen LogP contribution in [0.25, 0.3) is 0 Å². The molecule has 2 unspecified atom stereocenters. The Morgan fingerprint density at radius 2 is 1.78 bits per heavy atom. The molecule has 5 nitrogen and oxygen atoms in total. The highest BCUT2D eigenvalue weighted by Crippen LogP contribution is 2.27. The molecular weight excluding hydrogens is 254 g/mol. The molecule has 18 heavy (non-hydrogen) atoms. The number of aliphatic hydroxyl groups excluding tert-OH is 1. The van der Waals surface area contributed by atoms with Crippen molar-refractivity contribution in [3.05, 3.63) is 0 Å². The lowest BCUT2D eigenvalue weighted by molar-refractivity contribution is -0.138. The summed E-state index contributed by atoms with van der Waals surface area (Å²) >= 11 is 0. The summed E-state index contributed by atoms with van der Waals surface area (Å²) < 4.78 is 22.9. The lowest BCUT2D eigenvalue weighted by Gasteiger charge is -2.31. The molecule has 0 aromatic heterocycles. The molecule has 0 bridgehead atoms. The van der Waals surface area contributed by atoms with Crippen LogP contribution in [-0.2, 0) is 14.6 Å². The average Bonchev–Trinajstić information content (AvgIpc) is 2.62. The predicted octanol–water partition coefficient (Wildman–Crippen LogP) is 0.183. The molecule has 2 rings (SSSR count). The van der Waals surface area contributed by atoms with E-state index in [0.717, 1.165) is 25.7 Å². The van der Waals surface area contributed by atoms with Gasteiger partial charge in [-0.05, 0) is 12.8 Å². The lowest BCUT2D eigenvalue weighted by Crippen LogP contribution is -2.46. The largest absolute Gasteiger partial charge is 0.390 e. The number of likely N-dealkylation sites (N-methyl/N-ethyl adjacent to an activating group) is 1. The molecule has 1 saturated heterocycles. The quantitative estimate of drug-likeness (QED) is 0.780. The maximum Gasteiger partial charge on any atom is 0.225 e. The Labute approximate surface area is 108 Å². The normalized spacial score (nSPS) is 32.3. The second kappa shape index (κ2) is 5.17. The zero-order valence-electron chi connectivity index (χ0n) is 10.7. The van der Waals surface area contributed by atoms with Gasteiger partial charge in [0.25, 0.3) is 0 Å². The standard InChI is InChI=1S/C12H21NO4S/c1-13(10-7-18(16,17)8-11(10)14)12(15)9-5-3-2-4-6-9/h9-11,14H,2-8H2,1H3. The summed E-state index contributed by atoms with van der Waals surface area (Å²) in [5.74, 6) is -0.321. The molecule has 1 amide bonds. The van der Waals surface area contributed by atoms with Gasteiger partial charge in [0.05, 0.1) is 23.7 Å². The third-order valence-corrected chi connectivity index (χ3v) is 5.79. The molecule has 1 saturated carbocycles. The van der Waals surface area contributed by atoms with Crippen molar-refractivity contribution in [3.63, 3.8) is 0 Å². The van der Waals surface area contributed by atoms with Gasteiger partial charge in [0.1, 0.15) is 0 Å². The van der Waals surface area contributed by atoms with Crippen LogP contribution in [0.3, 0.4) is 0 Å². The van der Waals surface area contributed by atoms with Gasteiger partial charge < -0.3 is 10.0 Å². The molecule has 1 aliphatic heterocycles. The van der Waals surface area contributed by atoms with Crippen molar-refractivity contribution < 1.29 is 18.3 Å². The summed E-state index contributed by atoms with van der Waals surface area (Å²) in [6.07, 6.45) is 4.14. The van der Waals surface area contributed by atoms with Gasteiger partial charge in [-0.3, -0.25) is 4.79 Å². The fourth-order valence-electron chi connectivity index (χ4n) is 2.98. The summed E-state index contributed by atoms with van der Waals surface area (Å²) in [6, 6.07) is -0.565. The van der Waals surface area contributed by atoms with Crippen molar-refractivity contribution in [2.75, 3.05) is 18.6 Å². The third-order valence-electron chi connectivity index (χ3n) is 4.09. The van der Waals surface area contributed by atoms with Crippen LogP contribution < -0.4 is 0 Å². The monoisotopic (exact) mass is 275 g/mol. The van der Waals surface area contributed by atoms with Crippen molar-refractivity contribution in [1.82, 2.24) is 4.90 Å². The minimum Gasteiger partial charge on any atom is -0.390 e. The van der Waals surface area contributed by atoms with Crippen molar-refractivity contribution >= 4 is 15.7 Å². The van der Waals surface area contributed by atoms with E-state index in [2.05, 4.69) is 0 Å². The van der Waals surface area contributed by atoms with E-state index in [0.29, 0.717) is 0 Å². The lowest BCUT2D eigenvalue weighted by atomic mass is 9.88. The Kier molecular flexibility index (Phi) is 3.96. The molecule has 2 aliphatic rings. The van der Waals surface area contributed by atoms with E-state index in [9.17, 15) is 18.3 Å². The van der Waals surface area contributed by atoms with Crippen molar-refractivity contribution in [1.29, 1.82) is 0 Å². The fraction of sp³-hybridized carbons (Fsp3) is 0.917. The summed E-state index contributed by atoms with van der Waals surface area (Å²) in [5, 5.41) is 9.77. The molecule has 6 heteroatoms. The van der Waals surface area contributed by atoms with Crippen LogP contribution in [0.4, 0.5) is 0 Å². The zero-order chi connectivity index (χ0) is 13.3. The first-order chi connectivity index (χ1) is 8.41. The van der Waals surface area contributed by atoms with Gasteiger partial charge in [-0.15, -0.1) is 0 Å². The smallest absolute Gasteiger partial charge is 0.225 e. The molecule has 0 radical (unpaired) electrons. The summed E-state index contributed by atoms with van der Waals surface area (Å²) in [5.41, 5.74) is 0. The van der Waals surface area contributed by atoms with E-state index in [-0.39, 0.29) is 23.3 Å². The highest BCUT2D eigenvalue weighted by molar-refractivity contribution is 7.91. The van der Waals surface area contributed by atoms with Crippen molar-refractivity contribution in [2.24, 2.45) is 5.92 Å². The van der Waals surface area contributed by atoms with Gasteiger partial charge in [0.15, 0.2) is 9.84 Å². The second-order valence-corrected chi connectivity index (χ2v) is 7.65. The highest BCUT2D eigenvalue weighted by atomic mass is 32.2. The van der Waals surface area contributed by atoms with Crippen molar-refractivity contribution in [2.45, 2.75) is 44.2 Å². The zero-order valence-corrected chi connectivity index (χ0v) is 11.5. The number of hydrogen-bond donors (Lipinski definition) is 1. The fourth-order valence-corrected chi connectivity index (χ4v) is 4.83. The minimum absolute atomic E-state index is 0.00384. The number of rotatable bonds is 2.